The van der Waals surface area contributed by atoms with Gasteiger partial charge >= 0.3 is 0 Å². The molecule has 0 saturated carbocycles. The van der Waals surface area contributed by atoms with Gasteiger partial charge in [-0.25, -0.2) is 4.39 Å². The first-order valence-electron chi connectivity index (χ1n) is 3.81. The van der Waals surface area contributed by atoms with E-state index in [4.69, 9.17) is 0 Å². The third kappa shape index (κ3) is 1.37. The van der Waals surface area contributed by atoms with Gasteiger partial charge < -0.3 is 0 Å². The van der Waals surface area contributed by atoms with Crippen molar-refractivity contribution in [3.63, 3.8) is 0 Å². The molecule has 2 aromatic rings. The number of hydrogen-bond donors (Lipinski definition) is 0. The van der Waals surface area contributed by atoms with E-state index >= 15 is 0 Å². The minimum absolute atomic E-state index is 0.0376. The summed E-state index contributed by atoms with van der Waals surface area (Å²) in [6.07, 6.45) is 0.505. The summed E-state index contributed by atoms with van der Waals surface area (Å²) in [5, 5.41) is 10.3. The average molecular weight is 192 g/mol. The van der Waals surface area contributed by atoms with Crippen molar-refractivity contribution < 1.29 is 9.18 Å². The number of aromatic nitrogens is 4. The SMILES string of the molecule is O=Cc1nnnn1-c1cccc(F)c1. The third-order valence-electron chi connectivity index (χ3n) is 1.65. The van der Waals surface area contributed by atoms with Crippen molar-refractivity contribution in [2.24, 2.45) is 0 Å². The van der Waals surface area contributed by atoms with Crippen LogP contribution in [-0.2, 0) is 0 Å². The van der Waals surface area contributed by atoms with E-state index in [0.29, 0.717) is 12.0 Å². The van der Waals surface area contributed by atoms with Crippen LogP contribution >= 0.6 is 0 Å². The Hall–Kier alpha value is -2.11. The number of rotatable bonds is 2. The van der Waals surface area contributed by atoms with Crippen molar-refractivity contribution in [3.05, 3.63) is 35.9 Å². The van der Waals surface area contributed by atoms with E-state index < -0.39 is 5.82 Å². The first kappa shape index (κ1) is 8.49. The Morgan fingerprint density at radius 3 is 3.00 bits per heavy atom. The zero-order valence-corrected chi connectivity index (χ0v) is 6.96. The molecule has 14 heavy (non-hydrogen) atoms. The Morgan fingerprint density at radius 2 is 2.29 bits per heavy atom. The number of carbonyl (C=O) groups is 1. The van der Waals surface area contributed by atoms with Gasteiger partial charge in [0.05, 0.1) is 5.69 Å². The third-order valence-corrected chi connectivity index (χ3v) is 1.65. The Balaban J connectivity index is 2.54. The van der Waals surface area contributed by atoms with Crippen LogP contribution in [0.5, 0.6) is 0 Å². The lowest BCUT2D eigenvalue weighted by Gasteiger charge is -1.99. The highest BCUT2D eigenvalue weighted by Crippen LogP contribution is 2.08. The number of halogens is 1. The lowest BCUT2D eigenvalue weighted by Crippen LogP contribution is -2.02. The van der Waals surface area contributed by atoms with Gasteiger partial charge in [-0.05, 0) is 28.6 Å². The van der Waals surface area contributed by atoms with Crippen LogP contribution < -0.4 is 0 Å². The highest BCUT2D eigenvalue weighted by atomic mass is 19.1. The highest BCUT2D eigenvalue weighted by Gasteiger charge is 2.06. The summed E-state index contributed by atoms with van der Waals surface area (Å²) in [6, 6.07) is 5.66. The van der Waals surface area contributed by atoms with Gasteiger partial charge in [-0.2, -0.15) is 4.68 Å². The van der Waals surface area contributed by atoms with Gasteiger partial charge in [-0.3, -0.25) is 4.79 Å². The number of benzene rings is 1. The standard InChI is InChI=1S/C8H5FN4O/c9-6-2-1-3-7(4-6)13-8(5-14)10-11-12-13/h1-5H. The second kappa shape index (κ2) is 3.33. The summed E-state index contributed by atoms with van der Waals surface area (Å²) < 4.78 is 14.0. The average Bonchev–Trinajstić information content (AvgIpc) is 2.65. The molecule has 0 fully saturated rings. The molecule has 2 rings (SSSR count). The molecule has 0 spiro atoms. The van der Waals surface area contributed by atoms with Crippen LogP contribution in [0.15, 0.2) is 24.3 Å². The summed E-state index contributed by atoms with van der Waals surface area (Å²) in [7, 11) is 0. The molecule has 0 bridgehead atoms. The maximum absolute atomic E-state index is 12.8. The molecular weight excluding hydrogens is 187 g/mol. The van der Waals surface area contributed by atoms with Crippen molar-refractivity contribution in [2.75, 3.05) is 0 Å². The molecule has 0 N–H and O–H groups in total. The fourth-order valence-corrected chi connectivity index (χ4v) is 1.06. The first-order chi connectivity index (χ1) is 6.81. The molecule has 6 heteroatoms. The summed E-state index contributed by atoms with van der Waals surface area (Å²) in [5.41, 5.74) is 0.414. The van der Waals surface area contributed by atoms with Gasteiger partial charge in [-0.1, -0.05) is 6.07 Å². The number of carbonyl (C=O) groups excluding carboxylic acids is 1. The fraction of sp³-hybridized carbons (Fsp3) is 0. The highest BCUT2D eigenvalue weighted by molar-refractivity contribution is 5.69. The molecule has 1 aromatic heterocycles. The maximum Gasteiger partial charge on any atom is 0.219 e. The van der Waals surface area contributed by atoms with E-state index in [1.165, 1.54) is 18.2 Å². The monoisotopic (exact) mass is 192 g/mol. The van der Waals surface area contributed by atoms with E-state index in [-0.39, 0.29) is 5.82 Å². The second-order valence-corrected chi connectivity index (χ2v) is 2.55. The largest absolute Gasteiger partial charge is 0.294 e. The predicted octanol–water partition coefficient (Wildman–Crippen LogP) is 0.614. The molecule has 0 unspecified atom stereocenters. The van der Waals surface area contributed by atoms with Crippen LogP contribution in [0.2, 0.25) is 0 Å². The van der Waals surface area contributed by atoms with E-state index in [9.17, 15) is 9.18 Å². The molecule has 0 aliphatic heterocycles. The normalized spacial score (nSPS) is 10.1. The Labute approximate surface area is 78.2 Å². The fourth-order valence-electron chi connectivity index (χ4n) is 1.06. The van der Waals surface area contributed by atoms with Crippen LogP contribution in [0.3, 0.4) is 0 Å². The van der Waals surface area contributed by atoms with Gasteiger partial charge in [0.2, 0.25) is 5.82 Å². The van der Waals surface area contributed by atoms with Crippen LogP contribution in [0.1, 0.15) is 10.6 Å². The van der Waals surface area contributed by atoms with E-state index in [1.807, 2.05) is 0 Å². The van der Waals surface area contributed by atoms with E-state index in [1.54, 1.807) is 6.07 Å². The van der Waals surface area contributed by atoms with Crippen LogP contribution in [-0.4, -0.2) is 26.5 Å². The van der Waals surface area contributed by atoms with E-state index in [2.05, 4.69) is 15.5 Å². The molecule has 70 valence electrons. The summed E-state index contributed by atoms with van der Waals surface area (Å²) in [4.78, 5) is 10.5. The topological polar surface area (TPSA) is 60.7 Å². The smallest absolute Gasteiger partial charge is 0.219 e. The molecule has 0 aliphatic rings. The summed E-state index contributed by atoms with van der Waals surface area (Å²) >= 11 is 0. The lowest BCUT2D eigenvalue weighted by atomic mass is 10.3. The molecule has 0 aliphatic carbocycles. The number of hydrogen-bond acceptors (Lipinski definition) is 4. The molecule has 1 heterocycles. The zero-order chi connectivity index (χ0) is 9.97. The predicted molar refractivity (Wildman–Crippen MR) is 44.5 cm³/mol. The van der Waals surface area contributed by atoms with Crippen molar-refractivity contribution in [1.82, 2.24) is 20.2 Å². The van der Waals surface area contributed by atoms with Gasteiger partial charge in [0.15, 0.2) is 6.29 Å². The Kier molecular flexibility index (Phi) is 2.02. The number of tetrazole rings is 1. The van der Waals surface area contributed by atoms with Crippen molar-refractivity contribution in [2.45, 2.75) is 0 Å². The molecule has 0 atom stereocenters. The quantitative estimate of drug-likeness (QED) is 0.654. The Morgan fingerprint density at radius 1 is 1.43 bits per heavy atom. The van der Waals surface area contributed by atoms with Gasteiger partial charge in [0.25, 0.3) is 0 Å². The summed E-state index contributed by atoms with van der Waals surface area (Å²) in [5.74, 6) is -0.370. The first-order valence-corrected chi connectivity index (χ1v) is 3.81. The number of aldehydes is 1. The molecule has 1 aromatic carbocycles. The van der Waals surface area contributed by atoms with Crippen molar-refractivity contribution in [1.29, 1.82) is 0 Å². The second-order valence-electron chi connectivity index (χ2n) is 2.55. The maximum atomic E-state index is 12.8. The molecular formula is C8H5FN4O. The van der Waals surface area contributed by atoms with Crippen molar-refractivity contribution >= 4 is 6.29 Å². The minimum atomic E-state index is -0.408. The van der Waals surface area contributed by atoms with Gasteiger partial charge in [-0.15, -0.1) is 5.10 Å². The number of nitrogens with zero attached hydrogens (tertiary/aromatic N) is 4. The minimum Gasteiger partial charge on any atom is -0.294 e. The molecule has 0 radical (unpaired) electrons. The molecule has 0 amide bonds. The van der Waals surface area contributed by atoms with Gasteiger partial charge in [0.1, 0.15) is 5.82 Å². The zero-order valence-electron chi connectivity index (χ0n) is 6.96. The molecule has 5 nitrogen and oxygen atoms in total. The lowest BCUT2D eigenvalue weighted by molar-refractivity contribution is 0.111. The Bertz CT molecular complexity index is 468. The molecule has 0 saturated heterocycles. The van der Waals surface area contributed by atoms with Crippen molar-refractivity contribution in [3.8, 4) is 5.69 Å². The van der Waals surface area contributed by atoms with Gasteiger partial charge in [0, 0.05) is 0 Å². The summed E-state index contributed by atoms with van der Waals surface area (Å²) in [6.45, 7) is 0. The van der Waals surface area contributed by atoms with E-state index in [0.717, 1.165) is 4.68 Å². The van der Waals surface area contributed by atoms with Crippen LogP contribution in [0, 0.1) is 5.82 Å². The van der Waals surface area contributed by atoms with Crippen LogP contribution in [0.4, 0.5) is 4.39 Å². The van der Waals surface area contributed by atoms with Crippen LogP contribution in [0.25, 0.3) is 5.69 Å².